The first kappa shape index (κ1) is 15.4. The molecule has 1 rings (SSSR count). The molecule has 102 valence electrons. The number of hydrogen-bond acceptors (Lipinski definition) is 3. The number of rotatable bonds is 5. The van der Waals surface area contributed by atoms with E-state index in [9.17, 15) is 9.59 Å². The van der Waals surface area contributed by atoms with Gasteiger partial charge in [0.05, 0.1) is 6.21 Å². The second kappa shape index (κ2) is 7.68. The van der Waals surface area contributed by atoms with Crippen molar-refractivity contribution in [1.29, 1.82) is 0 Å². The molecule has 19 heavy (non-hydrogen) atoms. The predicted molar refractivity (Wildman–Crippen MR) is 77.8 cm³/mol. The fraction of sp³-hybridized carbons (Fsp3) is 0.308. The third kappa shape index (κ3) is 6.71. The van der Waals surface area contributed by atoms with E-state index < -0.39 is 5.91 Å². The summed E-state index contributed by atoms with van der Waals surface area (Å²) in [5.41, 5.74) is 3.16. The SMILES string of the molecule is CC(C)NC(=O)CC(=O)N/N=C\c1cccc(Br)c1. The van der Waals surface area contributed by atoms with Gasteiger partial charge in [-0.2, -0.15) is 5.10 Å². The molecule has 2 N–H and O–H groups in total. The fourth-order valence-corrected chi connectivity index (χ4v) is 1.74. The van der Waals surface area contributed by atoms with Gasteiger partial charge in [0.1, 0.15) is 6.42 Å². The van der Waals surface area contributed by atoms with Crippen LogP contribution in [0.2, 0.25) is 0 Å². The second-order valence-electron chi connectivity index (χ2n) is 4.25. The monoisotopic (exact) mass is 325 g/mol. The first-order chi connectivity index (χ1) is 8.97. The highest BCUT2D eigenvalue weighted by Crippen LogP contribution is 2.09. The minimum absolute atomic E-state index is 0.0190. The van der Waals surface area contributed by atoms with Gasteiger partial charge in [0.2, 0.25) is 11.8 Å². The lowest BCUT2D eigenvalue weighted by Gasteiger charge is -2.06. The Balaban J connectivity index is 2.40. The Morgan fingerprint density at radius 2 is 2.11 bits per heavy atom. The van der Waals surface area contributed by atoms with Crippen LogP contribution in [0.5, 0.6) is 0 Å². The summed E-state index contributed by atoms with van der Waals surface area (Å²) in [5.74, 6) is -0.755. The van der Waals surface area contributed by atoms with Crippen LogP contribution in [0.4, 0.5) is 0 Å². The van der Waals surface area contributed by atoms with Gasteiger partial charge >= 0.3 is 0 Å². The largest absolute Gasteiger partial charge is 0.353 e. The summed E-state index contributed by atoms with van der Waals surface area (Å²) in [4.78, 5) is 22.7. The predicted octanol–water partition coefficient (Wildman–Crippen LogP) is 1.81. The van der Waals surface area contributed by atoms with E-state index in [1.807, 2.05) is 38.1 Å². The van der Waals surface area contributed by atoms with Gasteiger partial charge in [0, 0.05) is 10.5 Å². The zero-order valence-electron chi connectivity index (χ0n) is 10.8. The minimum Gasteiger partial charge on any atom is -0.353 e. The van der Waals surface area contributed by atoms with Crippen LogP contribution in [0, 0.1) is 0 Å². The van der Waals surface area contributed by atoms with E-state index in [0.29, 0.717) is 0 Å². The van der Waals surface area contributed by atoms with Crippen molar-refractivity contribution in [2.75, 3.05) is 0 Å². The van der Waals surface area contributed by atoms with Crippen LogP contribution in [-0.4, -0.2) is 24.1 Å². The third-order valence-corrected chi connectivity index (χ3v) is 2.52. The van der Waals surface area contributed by atoms with Gasteiger partial charge in [0.25, 0.3) is 0 Å². The summed E-state index contributed by atoms with van der Waals surface area (Å²) in [7, 11) is 0. The van der Waals surface area contributed by atoms with Crippen molar-refractivity contribution in [2.24, 2.45) is 5.10 Å². The van der Waals surface area contributed by atoms with E-state index in [4.69, 9.17) is 0 Å². The molecule has 0 fully saturated rings. The standard InChI is InChI=1S/C13H16BrN3O2/c1-9(2)16-12(18)7-13(19)17-15-8-10-4-3-5-11(14)6-10/h3-6,8-9H,7H2,1-2H3,(H,16,18)(H,17,19)/b15-8-. The Morgan fingerprint density at radius 3 is 2.74 bits per heavy atom. The number of halogens is 1. The molecule has 6 heteroatoms. The molecule has 0 radical (unpaired) electrons. The molecule has 0 saturated carbocycles. The van der Waals surface area contributed by atoms with Gasteiger partial charge in [-0.1, -0.05) is 28.1 Å². The summed E-state index contributed by atoms with van der Waals surface area (Å²) in [5, 5.41) is 6.42. The topological polar surface area (TPSA) is 70.6 Å². The van der Waals surface area contributed by atoms with Crippen LogP contribution in [0.3, 0.4) is 0 Å². The van der Waals surface area contributed by atoms with Gasteiger partial charge < -0.3 is 5.32 Å². The van der Waals surface area contributed by atoms with E-state index in [0.717, 1.165) is 10.0 Å². The van der Waals surface area contributed by atoms with Crippen LogP contribution in [0.1, 0.15) is 25.8 Å². The maximum absolute atomic E-state index is 11.4. The fourth-order valence-electron chi connectivity index (χ4n) is 1.32. The summed E-state index contributed by atoms with van der Waals surface area (Å²) >= 11 is 3.34. The third-order valence-electron chi connectivity index (χ3n) is 2.02. The quantitative estimate of drug-likeness (QED) is 0.492. The number of carbonyl (C=O) groups is 2. The molecular formula is C13H16BrN3O2. The Hall–Kier alpha value is -1.69. The molecule has 0 aromatic heterocycles. The first-order valence-corrected chi connectivity index (χ1v) is 6.63. The normalized spacial score (nSPS) is 10.7. The second-order valence-corrected chi connectivity index (χ2v) is 5.16. The van der Waals surface area contributed by atoms with Crippen molar-refractivity contribution in [2.45, 2.75) is 26.3 Å². The smallest absolute Gasteiger partial charge is 0.249 e. The van der Waals surface area contributed by atoms with Crippen molar-refractivity contribution in [1.82, 2.24) is 10.7 Å². The number of benzene rings is 1. The number of nitrogens with zero attached hydrogens (tertiary/aromatic N) is 1. The van der Waals surface area contributed by atoms with E-state index in [1.54, 1.807) is 0 Å². The van der Waals surface area contributed by atoms with Gasteiger partial charge in [-0.05, 0) is 31.5 Å². The van der Waals surface area contributed by atoms with E-state index in [1.165, 1.54) is 6.21 Å². The Labute approximate surface area is 120 Å². The molecule has 0 aliphatic heterocycles. The Morgan fingerprint density at radius 1 is 1.37 bits per heavy atom. The number of hydrogen-bond donors (Lipinski definition) is 2. The zero-order chi connectivity index (χ0) is 14.3. The molecule has 0 heterocycles. The number of nitrogens with one attached hydrogen (secondary N) is 2. The number of carbonyl (C=O) groups excluding carboxylic acids is 2. The molecule has 5 nitrogen and oxygen atoms in total. The molecule has 0 unspecified atom stereocenters. The lowest BCUT2D eigenvalue weighted by molar-refractivity contribution is -0.129. The Bertz CT molecular complexity index is 487. The van der Waals surface area contributed by atoms with E-state index in [2.05, 4.69) is 31.8 Å². The minimum atomic E-state index is -0.440. The van der Waals surface area contributed by atoms with Gasteiger partial charge in [-0.25, -0.2) is 5.43 Å². The van der Waals surface area contributed by atoms with E-state index in [-0.39, 0.29) is 18.4 Å². The van der Waals surface area contributed by atoms with Crippen molar-refractivity contribution < 1.29 is 9.59 Å². The molecular weight excluding hydrogens is 310 g/mol. The molecule has 0 atom stereocenters. The summed E-state index contributed by atoms with van der Waals surface area (Å²) in [6.07, 6.45) is 1.29. The molecule has 0 aliphatic rings. The van der Waals surface area contributed by atoms with Crippen LogP contribution in [-0.2, 0) is 9.59 Å². The van der Waals surface area contributed by atoms with Crippen molar-refractivity contribution in [3.05, 3.63) is 34.3 Å². The molecule has 1 aromatic rings. The average molecular weight is 326 g/mol. The lowest BCUT2D eigenvalue weighted by Crippen LogP contribution is -2.34. The number of hydrazone groups is 1. The average Bonchev–Trinajstić information content (AvgIpc) is 2.27. The van der Waals surface area contributed by atoms with Crippen molar-refractivity contribution >= 4 is 34.0 Å². The van der Waals surface area contributed by atoms with Crippen LogP contribution < -0.4 is 10.7 Å². The first-order valence-electron chi connectivity index (χ1n) is 5.84. The lowest BCUT2D eigenvalue weighted by atomic mass is 10.2. The van der Waals surface area contributed by atoms with Crippen LogP contribution in [0.15, 0.2) is 33.8 Å². The molecule has 0 spiro atoms. The summed E-state index contributed by atoms with van der Waals surface area (Å²) in [6.45, 7) is 3.67. The highest BCUT2D eigenvalue weighted by atomic mass is 79.9. The van der Waals surface area contributed by atoms with Crippen LogP contribution >= 0.6 is 15.9 Å². The summed E-state index contributed by atoms with van der Waals surface area (Å²) in [6, 6.07) is 7.49. The molecule has 2 amide bonds. The van der Waals surface area contributed by atoms with E-state index >= 15 is 0 Å². The molecule has 0 saturated heterocycles. The van der Waals surface area contributed by atoms with Gasteiger partial charge in [0.15, 0.2) is 0 Å². The zero-order valence-corrected chi connectivity index (χ0v) is 12.4. The van der Waals surface area contributed by atoms with Crippen molar-refractivity contribution in [3.8, 4) is 0 Å². The van der Waals surface area contributed by atoms with Crippen LogP contribution in [0.25, 0.3) is 0 Å². The highest BCUT2D eigenvalue weighted by molar-refractivity contribution is 9.10. The van der Waals surface area contributed by atoms with Crippen molar-refractivity contribution in [3.63, 3.8) is 0 Å². The highest BCUT2D eigenvalue weighted by Gasteiger charge is 2.08. The Kier molecular flexibility index (Phi) is 6.21. The molecule has 0 bridgehead atoms. The van der Waals surface area contributed by atoms with Gasteiger partial charge in [-0.15, -0.1) is 0 Å². The summed E-state index contributed by atoms with van der Waals surface area (Å²) < 4.78 is 0.930. The van der Waals surface area contributed by atoms with Gasteiger partial charge in [-0.3, -0.25) is 9.59 Å². The maximum atomic E-state index is 11.4. The number of amides is 2. The molecule has 0 aliphatic carbocycles. The maximum Gasteiger partial charge on any atom is 0.249 e. The molecule has 1 aromatic carbocycles.